The predicted octanol–water partition coefficient (Wildman–Crippen LogP) is 2.01. The fourth-order valence-corrected chi connectivity index (χ4v) is 1.53. The highest BCUT2D eigenvalue weighted by Gasteiger charge is 2.15. The second-order valence-electron chi connectivity index (χ2n) is 4.57. The van der Waals surface area contributed by atoms with E-state index in [2.05, 4.69) is 25.3 Å². The average molecular weight is 266 g/mol. The normalized spacial score (nSPS) is 12.1. The molecule has 0 spiro atoms. The Bertz CT molecular complexity index is 435. The fourth-order valence-electron chi connectivity index (χ4n) is 1.53. The minimum atomic E-state index is -0.450. The summed E-state index contributed by atoms with van der Waals surface area (Å²) in [7, 11) is 1.37. The molecule has 0 bridgehead atoms. The van der Waals surface area contributed by atoms with Crippen LogP contribution in [0.25, 0.3) is 0 Å². The molecule has 2 N–H and O–H groups in total. The molecule has 1 aromatic rings. The number of ether oxygens (including phenoxy) is 1. The zero-order valence-electron chi connectivity index (χ0n) is 12.2. The number of carbonyl (C=O) groups excluding carboxylic acids is 1. The fraction of sp³-hybridized carbons (Fsp3) is 0.615. The van der Waals surface area contributed by atoms with Gasteiger partial charge in [-0.1, -0.05) is 13.8 Å². The molecule has 1 rings (SSSR count). The number of carbonyl (C=O) groups is 1. The van der Waals surface area contributed by atoms with Crippen LogP contribution in [0.2, 0.25) is 0 Å². The van der Waals surface area contributed by atoms with E-state index in [1.807, 2.05) is 20.8 Å². The summed E-state index contributed by atoms with van der Waals surface area (Å²) in [6, 6.07) is 1.34. The van der Waals surface area contributed by atoms with Gasteiger partial charge < -0.3 is 15.4 Å². The SMILES string of the molecule is CCNc1cc(NC(C)C(=O)OC)nc(C(C)C)n1. The molecule has 6 nitrogen and oxygen atoms in total. The zero-order valence-corrected chi connectivity index (χ0v) is 12.2. The molecule has 0 aliphatic heterocycles. The van der Waals surface area contributed by atoms with Gasteiger partial charge in [-0.2, -0.15) is 0 Å². The summed E-state index contributed by atoms with van der Waals surface area (Å²) >= 11 is 0. The molecule has 1 atom stereocenters. The van der Waals surface area contributed by atoms with Crippen molar-refractivity contribution in [3.8, 4) is 0 Å². The van der Waals surface area contributed by atoms with Gasteiger partial charge in [0.2, 0.25) is 0 Å². The van der Waals surface area contributed by atoms with Gasteiger partial charge >= 0.3 is 5.97 Å². The van der Waals surface area contributed by atoms with Crippen LogP contribution < -0.4 is 10.6 Å². The maximum absolute atomic E-state index is 11.4. The smallest absolute Gasteiger partial charge is 0.328 e. The Hall–Kier alpha value is -1.85. The third-order valence-electron chi connectivity index (χ3n) is 2.54. The van der Waals surface area contributed by atoms with Crippen LogP contribution in [-0.2, 0) is 9.53 Å². The second kappa shape index (κ2) is 6.92. The van der Waals surface area contributed by atoms with Crippen LogP contribution in [0.3, 0.4) is 0 Å². The molecule has 1 heterocycles. The van der Waals surface area contributed by atoms with Crippen molar-refractivity contribution in [1.29, 1.82) is 0 Å². The number of esters is 1. The van der Waals surface area contributed by atoms with Crippen LogP contribution >= 0.6 is 0 Å². The highest BCUT2D eigenvalue weighted by molar-refractivity contribution is 5.78. The first-order chi connectivity index (χ1) is 8.97. The van der Waals surface area contributed by atoms with E-state index in [4.69, 9.17) is 0 Å². The number of methoxy groups -OCH3 is 1. The van der Waals surface area contributed by atoms with Gasteiger partial charge in [-0.25, -0.2) is 14.8 Å². The third kappa shape index (κ3) is 4.39. The zero-order chi connectivity index (χ0) is 14.4. The summed E-state index contributed by atoms with van der Waals surface area (Å²) in [6.07, 6.45) is 0. The van der Waals surface area contributed by atoms with E-state index in [-0.39, 0.29) is 11.9 Å². The number of anilines is 2. The van der Waals surface area contributed by atoms with E-state index in [9.17, 15) is 4.79 Å². The van der Waals surface area contributed by atoms with Crippen molar-refractivity contribution < 1.29 is 9.53 Å². The summed E-state index contributed by atoms with van der Waals surface area (Å²) < 4.78 is 4.68. The molecule has 0 saturated heterocycles. The van der Waals surface area contributed by atoms with E-state index in [0.717, 1.165) is 18.2 Å². The van der Waals surface area contributed by atoms with Crippen molar-refractivity contribution in [3.05, 3.63) is 11.9 Å². The Morgan fingerprint density at radius 1 is 1.32 bits per heavy atom. The van der Waals surface area contributed by atoms with Crippen molar-refractivity contribution in [2.75, 3.05) is 24.3 Å². The van der Waals surface area contributed by atoms with Crippen molar-refractivity contribution >= 4 is 17.6 Å². The van der Waals surface area contributed by atoms with Gasteiger partial charge in [0.1, 0.15) is 23.5 Å². The lowest BCUT2D eigenvalue weighted by Crippen LogP contribution is -2.28. The Balaban J connectivity index is 2.95. The standard InChI is InChI=1S/C13H22N4O2/c1-6-14-10-7-11(15-9(4)13(18)19-5)17-12(16-10)8(2)3/h7-9H,6H2,1-5H3,(H2,14,15,16,17). The Kier molecular flexibility index (Phi) is 5.54. The number of rotatable bonds is 6. The first-order valence-corrected chi connectivity index (χ1v) is 6.45. The largest absolute Gasteiger partial charge is 0.467 e. The highest BCUT2D eigenvalue weighted by Crippen LogP contribution is 2.17. The number of nitrogens with one attached hydrogen (secondary N) is 2. The maximum Gasteiger partial charge on any atom is 0.328 e. The van der Waals surface area contributed by atoms with Crippen LogP contribution in [0.15, 0.2) is 6.07 Å². The molecule has 1 unspecified atom stereocenters. The first kappa shape index (κ1) is 15.2. The minimum Gasteiger partial charge on any atom is -0.467 e. The third-order valence-corrected chi connectivity index (χ3v) is 2.54. The topological polar surface area (TPSA) is 76.1 Å². The minimum absolute atomic E-state index is 0.215. The molecular formula is C13H22N4O2. The van der Waals surface area contributed by atoms with Crippen molar-refractivity contribution in [3.63, 3.8) is 0 Å². The average Bonchev–Trinajstić information content (AvgIpc) is 2.37. The molecule has 19 heavy (non-hydrogen) atoms. The number of hydrogen-bond donors (Lipinski definition) is 2. The molecular weight excluding hydrogens is 244 g/mol. The van der Waals surface area contributed by atoms with E-state index < -0.39 is 6.04 Å². The van der Waals surface area contributed by atoms with Gasteiger partial charge in [-0.3, -0.25) is 0 Å². The molecule has 0 aliphatic carbocycles. The van der Waals surface area contributed by atoms with Gasteiger partial charge in [0.25, 0.3) is 0 Å². The molecule has 0 aromatic carbocycles. The summed E-state index contributed by atoms with van der Waals surface area (Å²) in [6.45, 7) is 8.56. The lowest BCUT2D eigenvalue weighted by atomic mass is 10.2. The summed E-state index contributed by atoms with van der Waals surface area (Å²) in [5, 5.41) is 6.17. The molecule has 0 radical (unpaired) electrons. The quantitative estimate of drug-likeness (QED) is 0.767. The van der Waals surface area contributed by atoms with Gasteiger partial charge in [-0.15, -0.1) is 0 Å². The van der Waals surface area contributed by atoms with Crippen molar-refractivity contribution in [2.45, 2.75) is 39.7 Å². The molecule has 106 valence electrons. The van der Waals surface area contributed by atoms with E-state index in [1.165, 1.54) is 7.11 Å². The van der Waals surface area contributed by atoms with Gasteiger partial charge in [0.15, 0.2) is 0 Å². The van der Waals surface area contributed by atoms with Crippen LogP contribution in [0.4, 0.5) is 11.6 Å². The molecule has 6 heteroatoms. The lowest BCUT2D eigenvalue weighted by molar-refractivity contribution is -0.141. The first-order valence-electron chi connectivity index (χ1n) is 6.45. The molecule has 0 fully saturated rings. The van der Waals surface area contributed by atoms with Crippen LogP contribution in [0.5, 0.6) is 0 Å². The van der Waals surface area contributed by atoms with E-state index in [1.54, 1.807) is 13.0 Å². The number of aromatic nitrogens is 2. The summed E-state index contributed by atoms with van der Waals surface area (Å²) in [5.74, 6) is 1.99. The summed E-state index contributed by atoms with van der Waals surface area (Å²) in [4.78, 5) is 20.2. The number of hydrogen-bond acceptors (Lipinski definition) is 6. The molecule has 0 aliphatic rings. The Morgan fingerprint density at radius 3 is 2.47 bits per heavy atom. The molecule has 0 saturated carbocycles. The maximum atomic E-state index is 11.4. The van der Waals surface area contributed by atoms with Gasteiger partial charge in [-0.05, 0) is 13.8 Å². The van der Waals surface area contributed by atoms with Crippen LogP contribution in [0.1, 0.15) is 39.4 Å². The number of nitrogens with zero attached hydrogens (tertiary/aromatic N) is 2. The Morgan fingerprint density at radius 2 is 1.95 bits per heavy atom. The highest BCUT2D eigenvalue weighted by atomic mass is 16.5. The van der Waals surface area contributed by atoms with Crippen LogP contribution in [0, 0.1) is 0 Å². The molecule has 1 aromatic heterocycles. The van der Waals surface area contributed by atoms with Crippen LogP contribution in [-0.4, -0.2) is 35.6 Å². The Labute approximate surface area is 114 Å². The lowest BCUT2D eigenvalue weighted by Gasteiger charge is -2.15. The van der Waals surface area contributed by atoms with Crippen molar-refractivity contribution in [1.82, 2.24) is 9.97 Å². The molecule has 0 amide bonds. The summed E-state index contributed by atoms with van der Waals surface area (Å²) in [5.41, 5.74) is 0. The second-order valence-corrected chi connectivity index (χ2v) is 4.57. The van der Waals surface area contributed by atoms with Gasteiger partial charge in [0.05, 0.1) is 7.11 Å². The van der Waals surface area contributed by atoms with Crippen molar-refractivity contribution in [2.24, 2.45) is 0 Å². The monoisotopic (exact) mass is 266 g/mol. The van der Waals surface area contributed by atoms with E-state index in [0.29, 0.717) is 5.82 Å². The van der Waals surface area contributed by atoms with Gasteiger partial charge in [0, 0.05) is 18.5 Å². The van der Waals surface area contributed by atoms with E-state index >= 15 is 0 Å². The predicted molar refractivity (Wildman–Crippen MR) is 75.4 cm³/mol.